The van der Waals surface area contributed by atoms with Gasteiger partial charge in [-0.15, -0.1) is 11.6 Å². The zero-order valence-electron chi connectivity index (χ0n) is 20.3. The third kappa shape index (κ3) is 8.82. The number of hydrogen-bond acceptors (Lipinski definition) is 5. The van der Waals surface area contributed by atoms with Crippen molar-refractivity contribution in [1.82, 2.24) is 10.3 Å². The number of fused-ring (bicyclic) bond motifs is 3. The summed E-state index contributed by atoms with van der Waals surface area (Å²) >= 11 is 10.7. The van der Waals surface area contributed by atoms with Gasteiger partial charge in [0.25, 0.3) is 0 Å². The molecular formula is C25H33Cl2N5O2. The molecule has 3 rings (SSSR count). The van der Waals surface area contributed by atoms with E-state index in [4.69, 9.17) is 16.3 Å². The van der Waals surface area contributed by atoms with Crippen molar-refractivity contribution in [3.05, 3.63) is 53.2 Å². The number of allylic oxidation sites excluding steroid dienone is 1. The molecule has 2 aromatic carbocycles. The van der Waals surface area contributed by atoms with Crippen LogP contribution in [-0.2, 0) is 11.2 Å². The Labute approximate surface area is 211 Å². The number of H-pyrrole nitrogens is 1. The van der Waals surface area contributed by atoms with Crippen LogP contribution in [0.3, 0.4) is 0 Å². The minimum absolute atomic E-state index is 0.386. The number of alkyl carbamates (subject to hydrolysis) is 1. The van der Waals surface area contributed by atoms with Crippen LogP contribution in [0.25, 0.3) is 21.8 Å². The summed E-state index contributed by atoms with van der Waals surface area (Å²) in [5, 5.41) is 5.37. The molecule has 0 aliphatic carbocycles. The molecule has 3 aromatic rings. The maximum atomic E-state index is 12.0. The summed E-state index contributed by atoms with van der Waals surface area (Å²) in [7, 11) is 1.50. The number of halogens is 2. The number of nitrogens with two attached hydrogens (primary N) is 1. The lowest BCUT2D eigenvalue weighted by atomic mass is 10.1. The number of carbonyl (C=O) groups excluding carboxylic acids is 1. The Morgan fingerprint density at radius 3 is 2.53 bits per heavy atom. The Morgan fingerprint density at radius 2 is 1.88 bits per heavy atom. The number of aliphatic imine (C=N–C) groups is 2. The highest BCUT2D eigenvalue weighted by molar-refractivity contribution is 6.39. The van der Waals surface area contributed by atoms with Crippen molar-refractivity contribution in [2.75, 3.05) is 20.0 Å². The van der Waals surface area contributed by atoms with Gasteiger partial charge in [-0.25, -0.2) is 4.79 Å². The number of alkyl halides is 1. The van der Waals surface area contributed by atoms with Crippen molar-refractivity contribution in [2.45, 2.75) is 32.8 Å². The molecule has 9 heteroatoms. The summed E-state index contributed by atoms with van der Waals surface area (Å²) in [5.74, 6) is 0. The van der Waals surface area contributed by atoms with Crippen molar-refractivity contribution in [3.8, 4) is 0 Å². The molecule has 4 N–H and O–H groups in total. The van der Waals surface area contributed by atoms with Gasteiger partial charge in [-0.3, -0.25) is 9.98 Å². The highest BCUT2D eigenvalue weighted by atomic mass is 35.5. The second kappa shape index (κ2) is 14.4. The summed E-state index contributed by atoms with van der Waals surface area (Å²) in [6.45, 7) is 9.34. The molecule has 1 heterocycles. The number of benzene rings is 2. The molecule has 1 aromatic heterocycles. The monoisotopic (exact) mass is 505 g/mol. The van der Waals surface area contributed by atoms with Gasteiger partial charge in [0.15, 0.2) is 0 Å². The molecule has 7 nitrogen and oxygen atoms in total. The number of rotatable bonds is 6. The average molecular weight is 506 g/mol. The molecule has 184 valence electrons. The molecule has 0 aliphatic rings. The van der Waals surface area contributed by atoms with Gasteiger partial charge in [-0.1, -0.05) is 29.8 Å². The van der Waals surface area contributed by atoms with E-state index in [1.54, 1.807) is 0 Å². The van der Waals surface area contributed by atoms with E-state index in [1.165, 1.54) is 25.8 Å². The number of aromatic amines is 1. The summed E-state index contributed by atoms with van der Waals surface area (Å²) in [6.07, 6.45) is 4.62. The average Bonchev–Trinajstić information content (AvgIpc) is 3.18. The van der Waals surface area contributed by atoms with Crippen molar-refractivity contribution in [2.24, 2.45) is 15.7 Å². The van der Waals surface area contributed by atoms with E-state index < -0.39 is 11.7 Å². The van der Waals surface area contributed by atoms with Crippen LogP contribution in [0.5, 0.6) is 0 Å². The van der Waals surface area contributed by atoms with E-state index in [-0.39, 0.29) is 0 Å². The maximum Gasteiger partial charge on any atom is 0.407 e. The normalized spacial score (nSPS) is 11.5. The highest BCUT2D eigenvalue weighted by Gasteiger charge is 2.16. The van der Waals surface area contributed by atoms with Gasteiger partial charge in [0.05, 0.1) is 10.7 Å². The van der Waals surface area contributed by atoms with Crippen LogP contribution < -0.4 is 11.1 Å². The van der Waals surface area contributed by atoms with Gasteiger partial charge in [-0.2, -0.15) is 0 Å². The summed E-state index contributed by atoms with van der Waals surface area (Å²) in [5.41, 5.74) is 7.83. The number of amides is 1. The largest absolute Gasteiger partial charge is 0.444 e. The summed E-state index contributed by atoms with van der Waals surface area (Å²) in [6, 6.07) is 12.1. The molecule has 0 bridgehead atoms. The second-order valence-corrected chi connectivity index (χ2v) is 8.27. The van der Waals surface area contributed by atoms with Crippen LogP contribution >= 0.6 is 23.2 Å². The molecule has 1 amide bonds. The first-order valence-corrected chi connectivity index (χ1v) is 11.7. The summed E-state index contributed by atoms with van der Waals surface area (Å²) < 4.78 is 5.31. The second-order valence-electron chi connectivity index (χ2n) is 7.83. The molecule has 0 saturated heterocycles. The first kappa shape index (κ1) is 29.2. The molecule has 0 atom stereocenters. The zero-order valence-corrected chi connectivity index (χ0v) is 21.8. The Kier molecular flexibility index (Phi) is 12.4. The van der Waals surface area contributed by atoms with Gasteiger partial charge in [0, 0.05) is 47.1 Å². The third-order valence-corrected chi connectivity index (χ3v) is 4.49. The molecule has 0 fully saturated rings. The third-order valence-electron chi connectivity index (χ3n) is 4.30. The number of carbonyl (C=O) groups is 1. The Hall–Kier alpha value is -2.87. The molecule has 0 unspecified atom stereocenters. The van der Waals surface area contributed by atoms with E-state index in [2.05, 4.69) is 50.4 Å². The van der Waals surface area contributed by atoms with E-state index in [9.17, 15) is 4.79 Å². The molecule has 0 radical (unpaired) electrons. The van der Waals surface area contributed by atoms with Crippen LogP contribution in [0.15, 0.2) is 57.6 Å². The fourth-order valence-electron chi connectivity index (χ4n) is 3.15. The van der Waals surface area contributed by atoms with E-state index in [1.807, 2.05) is 51.1 Å². The topological polar surface area (TPSA) is 105 Å². The minimum Gasteiger partial charge on any atom is -0.444 e. The summed E-state index contributed by atoms with van der Waals surface area (Å²) in [4.78, 5) is 23.6. The maximum absolute atomic E-state index is 12.0. The van der Waals surface area contributed by atoms with Crippen LogP contribution in [0, 0.1) is 0 Å². The number of aromatic nitrogens is 1. The standard InChI is InChI=1S/C23H25ClN4O2.CH3Cl.CH5N/c1-23(2,3)30-22(29)26-10-9-15-11-17(27-14-16(24)13-25-4)12-19-18-7-5-6-8-20(18)28-21(15)19;2*1-2/h5-8,11-14,28H,4,9-10H2,1-3H3,(H,26,29);1H3;2H2,1H3/b16-13+,27-14?;;. The van der Waals surface area contributed by atoms with Crippen LogP contribution in [0.4, 0.5) is 10.5 Å². The molecule has 0 saturated carbocycles. The number of para-hydroxylation sites is 1. The van der Waals surface area contributed by atoms with E-state index >= 15 is 0 Å². The Bertz CT molecular complexity index is 1150. The molecular weight excluding hydrogens is 473 g/mol. The van der Waals surface area contributed by atoms with Gasteiger partial charge < -0.3 is 20.8 Å². The Morgan fingerprint density at radius 1 is 1.21 bits per heavy atom. The van der Waals surface area contributed by atoms with Gasteiger partial charge in [0.2, 0.25) is 0 Å². The fraction of sp³-hybridized carbons (Fsp3) is 0.320. The van der Waals surface area contributed by atoms with Crippen LogP contribution in [0.2, 0.25) is 0 Å². The predicted molar refractivity (Wildman–Crippen MR) is 147 cm³/mol. The number of ether oxygens (including phenoxy) is 1. The fourth-order valence-corrected chi connectivity index (χ4v) is 3.27. The van der Waals surface area contributed by atoms with Crippen molar-refractivity contribution in [1.29, 1.82) is 0 Å². The quantitative estimate of drug-likeness (QED) is 0.270. The minimum atomic E-state index is -0.532. The molecule has 34 heavy (non-hydrogen) atoms. The number of hydrogen-bond donors (Lipinski definition) is 3. The lowest BCUT2D eigenvalue weighted by molar-refractivity contribution is 0.0528. The zero-order chi connectivity index (χ0) is 25.7. The van der Waals surface area contributed by atoms with E-state index in [0.29, 0.717) is 18.0 Å². The van der Waals surface area contributed by atoms with Crippen LogP contribution in [-0.4, -0.2) is 49.6 Å². The van der Waals surface area contributed by atoms with E-state index in [0.717, 1.165) is 33.1 Å². The van der Waals surface area contributed by atoms with Gasteiger partial charge >= 0.3 is 6.09 Å². The van der Waals surface area contributed by atoms with Crippen LogP contribution in [0.1, 0.15) is 26.3 Å². The van der Waals surface area contributed by atoms with Crippen molar-refractivity contribution >= 4 is 69.7 Å². The van der Waals surface area contributed by atoms with Crippen molar-refractivity contribution < 1.29 is 9.53 Å². The number of nitrogens with one attached hydrogen (secondary N) is 2. The first-order chi connectivity index (χ1) is 16.3. The molecule has 0 aliphatic heterocycles. The van der Waals surface area contributed by atoms with Crippen molar-refractivity contribution in [3.63, 3.8) is 0 Å². The Balaban J connectivity index is 0.00000137. The van der Waals surface area contributed by atoms with Gasteiger partial charge in [-0.05, 0) is 64.7 Å². The highest BCUT2D eigenvalue weighted by Crippen LogP contribution is 2.32. The lowest BCUT2D eigenvalue weighted by Gasteiger charge is -2.19. The smallest absolute Gasteiger partial charge is 0.407 e. The first-order valence-electron chi connectivity index (χ1n) is 10.6. The predicted octanol–water partition coefficient (Wildman–Crippen LogP) is 6.30. The SMILES string of the molecule is C=N/C=C(/Cl)C=Nc1cc(CCNC(=O)OC(C)(C)C)c2[nH]c3ccccc3c2c1.CCl.CN. The number of nitrogens with zero attached hydrogens (tertiary/aromatic N) is 2. The lowest BCUT2D eigenvalue weighted by Crippen LogP contribution is -2.33. The van der Waals surface area contributed by atoms with Gasteiger partial charge in [0.1, 0.15) is 5.60 Å². The molecule has 0 spiro atoms.